The van der Waals surface area contributed by atoms with Crippen LogP contribution in [0.2, 0.25) is 0 Å². The maximum absolute atomic E-state index is 5.71. The van der Waals surface area contributed by atoms with Crippen LogP contribution in [-0.2, 0) is 0 Å². The summed E-state index contributed by atoms with van der Waals surface area (Å²) < 4.78 is 0. The molecule has 18 heavy (non-hydrogen) atoms. The average Bonchev–Trinajstić information content (AvgIpc) is 2.37. The van der Waals surface area contributed by atoms with Crippen LogP contribution in [0.5, 0.6) is 0 Å². The first-order valence-electron chi connectivity index (χ1n) is 6.95. The van der Waals surface area contributed by atoms with Gasteiger partial charge in [0.15, 0.2) is 0 Å². The molecule has 1 saturated heterocycles. The minimum atomic E-state index is 0.754. The molecule has 1 unspecified atom stereocenters. The molecule has 3 N–H and O–H groups in total. The van der Waals surface area contributed by atoms with Gasteiger partial charge in [0.2, 0.25) is 0 Å². The fourth-order valence-corrected chi connectivity index (χ4v) is 2.53. The van der Waals surface area contributed by atoms with Crippen molar-refractivity contribution in [3.63, 3.8) is 0 Å². The monoisotopic (exact) mass is 248 g/mol. The van der Waals surface area contributed by atoms with Gasteiger partial charge >= 0.3 is 0 Å². The Bertz CT molecular complexity index is 367. The topological polar surface area (TPSA) is 54.2 Å². The van der Waals surface area contributed by atoms with Crippen LogP contribution >= 0.6 is 0 Å². The molecule has 1 aliphatic rings. The lowest BCUT2D eigenvalue weighted by atomic mass is 10.0. The highest BCUT2D eigenvalue weighted by Crippen LogP contribution is 2.16. The van der Waals surface area contributed by atoms with Gasteiger partial charge in [0.25, 0.3) is 0 Å². The Morgan fingerprint density at radius 2 is 2.39 bits per heavy atom. The highest BCUT2D eigenvalue weighted by Gasteiger charge is 2.16. The number of nitrogens with zero attached hydrogens (tertiary/aromatic N) is 2. The molecule has 0 spiro atoms. The molecule has 1 aliphatic heterocycles. The second kappa shape index (κ2) is 6.59. The van der Waals surface area contributed by atoms with E-state index in [0.29, 0.717) is 0 Å². The fraction of sp³-hybridized carbons (Fsp3) is 0.643. The minimum absolute atomic E-state index is 0.754. The van der Waals surface area contributed by atoms with Crippen LogP contribution in [0.3, 0.4) is 0 Å². The molecule has 2 rings (SSSR count). The van der Waals surface area contributed by atoms with Gasteiger partial charge in [-0.15, -0.1) is 0 Å². The molecular weight excluding hydrogens is 224 g/mol. The number of hydrogen-bond donors (Lipinski definition) is 2. The summed E-state index contributed by atoms with van der Waals surface area (Å²) >= 11 is 0. The van der Waals surface area contributed by atoms with Crippen LogP contribution in [-0.4, -0.2) is 35.6 Å². The molecule has 100 valence electrons. The lowest BCUT2D eigenvalue weighted by Gasteiger charge is -2.33. The largest absolute Gasteiger partial charge is 0.399 e. The van der Waals surface area contributed by atoms with Crippen LogP contribution in [0.4, 0.5) is 11.5 Å². The van der Waals surface area contributed by atoms with E-state index < -0.39 is 0 Å². The Kier molecular flexibility index (Phi) is 4.81. The van der Waals surface area contributed by atoms with E-state index in [1.54, 1.807) is 12.3 Å². The Labute approximate surface area is 110 Å². The number of hydrogen-bond acceptors (Lipinski definition) is 4. The third-order valence-electron chi connectivity index (χ3n) is 3.65. The second-order valence-corrected chi connectivity index (χ2v) is 5.14. The second-order valence-electron chi connectivity index (χ2n) is 5.14. The fourth-order valence-electron chi connectivity index (χ4n) is 2.53. The SMILES string of the molecule is CC1CCCCN1CCCNc1cc(N)ccn1. The van der Waals surface area contributed by atoms with Crippen molar-refractivity contribution in [2.24, 2.45) is 0 Å². The van der Waals surface area contributed by atoms with E-state index in [9.17, 15) is 0 Å². The molecule has 0 saturated carbocycles. The molecule has 0 aromatic carbocycles. The van der Waals surface area contributed by atoms with Gasteiger partial charge in [-0.2, -0.15) is 0 Å². The van der Waals surface area contributed by atoms with Crippen molar-refractivity contribution in [3.05, 3.63) is 18.3 Å². The lowest BCUT2D eigenvalue weighted by molar-refractivity contribution is 0.160. The van der Waals surface area contributed by atoms with Gasteiger partial charge in [-0.3, -0.25) is 0 Å². The van der Waals surface area contributed by atoms with E-state index in [1.807, 2.05) is 6.07 Å². The van der Waals surface area contributed by atoms with Crippen LogP contribution < -0.4 is 11.1 Å². The zero-order chi connectivity index (χ0) is 12.8. The number of nitrogens with two attached hydrogens (primary N) is 1. The van der Waals surface area contributed by atoms with Gasteiger partial charge < -0.3 is 16.0 Å². The van der Waals surface area contributed by atoms with E-state index in [1.165, 1.54) is 32.4 Å². The summed E-state index contributed by atoms with van der Waals surface area (Å²) in [6.45, 7) is 5.74. The van der Waals surface area contributed by atoms with Gasteiger partial charge in [0, 0.05) is 37.1 Å². The number of nitrogen functional groups attached to an aromatic ring is 1. The first kappa shape index (κ1) is 13.1. The molecule has 4 nitrogen and oxygen atoms in total. The van der Waals surface area contributed by atoms with Crippen LogP contribution in [0.25, 0.3) is 0 Å². The molecule has 0 amide bonds. The molecule has 1 aromatic heterocycles. The predicted molar refractivity (Wildman–Crippen MR) is 76.6 cm³/mol. The van der Waals surface area contributed by atoms with Crippen molar-refractivity contribution in [2.45, 2.75) is 38.6 Å². The highest BCUT2D eigenvalue weighted by atomic mass is 15.2. The Balaban J connectivity index is 1.66. The summed E-state index contributed by atoms with van der Waals surface area (Å²) in [7, 11) is 0. The number of likely N-dealkylation sites (tertiary alicyclic amines) is 1. The first-order chi connectivity index (χ1) is 8.75. The standard InChI is InChI=1S/C14H24N4/c1-12-5-2-3-9-18(12)10-4-7-16-14-11-13(15)6-8-17-14/h6,8,11-12H,2-5,7,9-10H2,1H3,(H3,15,16,17). The summed E-state index contributed by atoms with van der Waals surface area (Å²) in [6, 6.07) is 4.44. The summed E-state index contributed by atoms with van der Waals surface area (Å²) in [6.07, 6.45) is 6.99. The Hall–Kier alpha value is -1.29. The number of aromatic nitrogens is 1. The summed E-state index contributed by atoms with van der Waals surface area (Å²) in [4.78, 5) is 6.83. The average molecular weight is 248 g/mol. The minimum Gasteiger partial charge on any atom is -0.399 e. The Morgan fingerprint density at radius 3 is 3.17 bits per heavy atom. The molecule has 0 aliphatic carbocycles. The van der Waals surface area contributed by atoms with E-state index in [-0.39, 0.29) is 0 Å². The number of rotatable bonds is 5. The normalized spacial score (nSPS) is 20.8. The van der Waals surface area contributed by atoms with Crippen molar-refractivity contribution in [2.75, 3.05) is 30.7 Å². The number of pyridine rings is 1. The van der Waals surface area contributed by atoms with E-state index in [2.05, 4.69) is 22.1 Å². The van der Waals surface area contributed by atoms with Crippen molar-refractivity contribution < 1.29 is 0 Å². The molecular formula is C14H24N4. The molecule has 1 fully saturated rings. The highest BCUT2D eigenvalue weighted by molar-refractivity contribution is 5.48. The number of piperidine rings is 1. The van der Waals surface area contributed by atoms with Gasteiger partial charge in [0.1, 0.15) is 5.82 Å². The van der Waals surface area contributed by atoms with Gasteiger partial charge in [0.05, 0.1) is 0 Å². The molecule has 2 heterocycles. The summed E-state index contributed by atoms with van der Waals surface area (Å²) in [5, 5.41) is 3.32. The molecule has 1 atom stereocenters. The molecule has 1 aromatic rings. The van der Waals surface area contributed by atoms with Crippen molar-refractivity contribution in [3.8, 4) is 0 Å². The lowest BCUT2D eigenvalue weighted by Crippen LogP contribution is -2.38. The number of nitrogens with one attached hydrogen (secondary N) is 1. The summed E-state index contributed by atoms with van der Waals surface area (Å²) in [5.74, 6) is 0.877. The zero-order valence-corrected chi connectivity index (χ0v) is 11.2. The Morgan fingerprint density at radius 1 is 1.50 bits per heavy atom. The van der Waals surface area contributed by atoms with E-state index in [0.717, 1.165) is 30.5 Å². The van der Waals surface area contributed by atoms with Crippen molar-refractivity contribution >= 4 is 11.5 Å². The quantitative estimate of drug-likeness (QED) is 0.785. The zero-order valence-electron chi connectivity index (χ0n) is 11.2. The van der Waals surface area contributed by atoms with Crippen molar-refractivity contribution in [1.82, 2.24) is 9.88 Å². The third kappa shape index (κ3) is 3.88. The molecule has 0 radical (unpaired) electrons. The third-order valence-corrected chi connectivity index (χ3v) is 3.65. The van der Waals surface area contributed by atoms with Gasteiger partial charge in [-0.1, -0.05) is 6.42 Å². The predicted octanol–water partition coefficient (Wildman–Crippen LogP) is 2.34. The van der Waals surface area contributed by atoms with Crippen molar-refractivity contribution in [1.29, 1.82) is 0 Å². The first-order valence-corrected chi connectivity index (χ1v) is 6.95. The summed E-state index contributed by atoms with van der Waals surface area (Å²) in [5.41, 5.74) is 6.47. The number of anilines is 2. The van der Waals surface area contributed by atoms with Gasteiger partial charge in [-0.05, 0) is 38.8 Å². The molecule has 4 heteroatoms. The van der Waals surface area contributed by atoms with Crippen LogP contribution in [0, 0.1) is 0 Å². The van der Waals surface area contributed by atoms with E-state index in [4.69, 9.17) is 5.73 Å². The van der Waals surface area contributed by atoms with E-state index >= 15 is 0 Å². The van der Waals surface area contributed by atoms with Gasteiger partial charge in [-0.25, -0.2) is 4.98 Å². The molecule has 0 bridgehead atoms. The van der Waals surface area contributed by atoms with Crippen LogP contribution in [0.1, 0.15) is 32.6 Å². The smallest absolute Gasteiger partial charge is 0.127 e. The maximum Gasteiger partial charge on any atom is 0.127 e. The maximum atomic E-state index is 5.71. The van der Waals surface area contributed by atoms with Crippen LogP contribution in [0.15, 0.2) is 18.3 Å².